The summed E-state index contributed by atoms with van der Waals surface area (Å²) in [6.07, 6.45) is 3.78. The van der Waals surface area contributed by atoms with Crippen LogP contribution in [0.15, 0.2) is 24.3 Å². The molecule has 1 saturated heterocycles. The summed E-state index contributed by atoms with van der Waals surface area (Å²) in [4.78, 5) is 2.46. The van der Waals surface area contributed by atoms with Crippen molar-refractivity contribution in [1.82, 2.24) is 4.90 Å². The molecule has 0 amide bonds. The van der Waals surface area contributed by atoms with Gasteiger partial charge in [0.2, 0.25) is 0 Å². The average Bonchev–Trinajstić information content (AvgIpc) is 2.40. The van der Waals surface area contributed by atoms with Crippen molar-refractivity contribution in [2.24, 2.45) is 5.73 Å². The van der Waals surface area contributed by atoms with Crippen molar-refractivity contribution in [3.05, 3.63) is 35.4 Å². The molecule has 2 rings (SSSR count). The first-order chi connectivity index (χ1) is 8.33. The lowest BCUT2D eigenvalue weighted by atomic mass is 10.0. The molecule has 0 saturated carbocycles. The zero-order valence-electron chi connectivity index (χ0n) is 10.5. The summed E-state index contributed by atoms with van der Waals surface area (Å²) in [6.45, 7) is 2.84. The molecule has 0 bridgehead atoms. The fourth-order valence-corrected chi connectivity index (χ4v) is 2.45. The molecule has 1 aromatic carbocycles. The van der Waals surface area contributed by atoms with E-state index in [2.05, 4.69) is 11.0 Å². The number of piperidine rings is 1. The fraction of sp³-hybridized carbons (Fsp3) is 0.500. The van der Waals surface area contributed by atoms with Crippen molar-refractivity contribution < 1.29 is 0 Å². The van der Waals surface area contributed by atoms with E-state index in [1.807, 2.05) is 24.3 Å². The van der Waals surface area contributed by atoms with Crippen molar-refractivity contribution in [1.29, 1.82) is 5.26 Å². The Balaban J connectivity index is 0.00000162. The average molecular weight is 266 g/mol. The molecule has 3 nitrogen and oxygen atoms in total. The summed E-state index contributed by atoms with van der Waals surface area (Å²) >= 11 is 0. The van der Waals surface area contributed by atoms with Crippen LogP contribution in [-0.4, -0.2) is 24.0 Å². The number of halogens is 1. The zero-order valence-corrected chi connectivity index (χ0v) is 11.3. The van der Waals surface area contributed by atoms with E-state index < -0.39 is 0 Å². The van der Waals surface area contributed by atoms with Gasteiger partial charge in [-0.05, 0) is 37.1 Å². The van der Waals surface area contributed by atoms with E-state index in [1.54, 1.807) is 0 Å². The molecule has 0 radical (unpaired) electrons. The number of nitrogens with zero attached hydrogens (tertiary/aromatic N) is 2. The summed E-state index contributed by atoms with van der Waals surface area (Å²) in [5, 5.41) is 8.75. The molecule has 1 aliphatic rings. The smallest absolute Gasteiger partial charge is 0.0991 e. The Morgan fingerprint density at radius 3 is 2.61 bits per heavy atom. The van der Waals surface area contributed by atoms with Gasteiger partial charge >= 0.3 is 0 Å². The van der Waals surface area contributed by atoms with Crippen LogP contribution in [0.2, 0.25) is 0 Å². The Morgan fingerprint density at radius 2 is 2.00 bits per heavy atom. The maximum absolute atomic E-state index is 8.75. The Bertz CT molecular complexity index is 396. The van der Waals surface area contributed by atoms with Crippen molar-refractivity contribution >= 4 is 12.4 Å². The Labute approximate surface area is 115 Å². The number of nitrogens with two attached hydrogens (primary N) is 1. The van der Waals surface area contributed by atoms with Crippen molar-refractivity contribution in [3.63, 3.8) is 0 Å². The van der Waals surface area contributed by atoms with E-state index >= 15 is 0 Å². The van der Waals surface area contributed by atoms with Gasteiger partial charge in [-0.2, -0.15) is 5.26 Å². The van der Waals surface area contributed by atoms with Crippen LogP contribution in [0.4, 0.5) is 0 Å². The topological polar surface area (TPSA) is 53.0 Å². The molecule has 0 aromatic heterocycles. The summed E-state index contributed by atoms with van der Waals surface area (Å²) in [6, 6.07) is 10.5. The number of hydrogen-bond acceptors (Lipinski definition) is 3. The lowest BCUT2D eigenvalue weighted by Crippen LogP contribution is -2.43. The fourth-order valence-electron chi connectivity index (χ4n) is 2.45. The van der Waals surface area contributed by atoms with Crippen LogP contribution in [0, 0.1) is 11.3 Å². The first kappa shape index (κ1) is 15.0. The normalized spacial score (nSPS) is 19.9. The molecular formula is C14H20ClN3. The lowest BCUT2D eigenvalue weighted by Gasteiger charge is -2.35. The standard InChI is InChI=1S/C14H19N3.ClH/c15-9-12-4-6-13(7-5-12)11-17-8-2-1-3-14(17)10-16;/h4-7,14H,1-3,8,10-11,16H2;1H. The van der Waals surface area contributed by atoms with Gasteiger partial charge in [-0.3, -0.25) is 4.90 Å². The van der Waals surface area contributed by atoms with Crippen LogP contribution in [0.1, 0.15) is 30.4 Å². The van der Waals surface area contributed by atoms with E-state index in [-0.39, 0.29) is 12.4 Å². The Hall–Kier alpha value is -1.08. The summed E-state index contributed by atoms with van der Waals surface area (Å²) in [5.41, 5.74) is 7.80. The molecule has 1 atom stereocenters. The van der Waals surface area contributed by atoms with Gasteiger partial charge in [0.25, 0.3) is 0 Å². The van der Waals surface area contributed by atoms with Gasteiger partial charge in [0.05, 0.1) is 11.6 Å². The number of benzene rings is 1. The van der Waals surface area contributed by atoms with Gasteiger partial charge < -0.3 is 5.73 Å². The summed E-state index contributed by atoms with van der Waals surface area (Å²) in [7, 11) is 0. The van der Waals surface area contributed by atoms with Gasteiger partial charge in [-0.1, -0.05) is 18.6 Å². The quantitative estimate of drug-likeness (QED) is 0.912. The van der Waals surface area contributed by atoms with Gasteiger partial charge in [0, 0.05) is 19.1 Å². The predicted octanol–water partition coefficient (Wildman–Crippen LogP) is 2.29. The lowest BCUT2D eigenvalue weighted by molar-refractivity contribution is 0.145. The maximum Gasteiger partial charge on any atom is 0.0991 e. The van der Waals surface area contributed by atoms with Crippen LogP contribution >= 0.6 is 12.4 Å². The van der Waals surface area contributed by atoms with E-state index in [0.29, 0.717) is 6.04 Å². The van der Waals surface area contributed by atoms with Crippen molar-refractivity contribution in [2.45, 2.75) is 31.8 Å². The van der Waals surface area contributed by atoms with Crippen LogP contribution < -0.4 is 5.73 Å². The van der Waals surface area contributed by atoms with Gasteiger partial charge in [0.1, 0.15) is 0 Å². The highest BCUT2D eigenvalue weighted by atomic mass is 35.5. The third kappa shape index (κ3) is 3.71. The van der Waals surface area contributed by atoms with Crippen LogP contribution in [0.3, 0.4) is 0 Å². The molecule has 1 heterocycles. The number of hydrogen-bond donors (Lipinski definition) is 1. The Kier molecular flexibility index (Phi) is 6.14. The largest absolute Gasteiger partial charge is 0.329 e. The Morgan fingerprint density at radius 1 is 1.28 bits per heavy atom. The minimum atomic E-state index is 0. The molecule has 18 heavy (non-hydrogen) atoms. The summed E-state index contributed by atoms with van der Waals surface area (Å²) in [5.74, 6) is 0. The van der Waals surface area contributed by atoms with E-state index in [1.165, 1.54) is 24.8 Å². The molecule has 1 aliphatic heterocycles. The molecule has 1 unspecified atom stereocenters. The van der Waals surface area contributed by atoms with Crippen LogP contribution in [0.25, 0.3) is 0 Å². The van der Waals surface area contributed by atoms with Gasteiger partial charge in [-0.25, -0.2) is 0 Å². The second-order valence-electron chi connectivity index (χ2n) is 4.66. The SMILES string of the molecule is Cl.N#Cc1ccc(CN2CCCCC2CN)cc1. The van der Waals surface area contributed by atoms with Crippen molar-refractivity contribution in [2.75, 3.05) is 13.1 Å². The maximum atomic E-state index is 8.75. The number of rotatable bonds is 3. The van der Waals surface area contributed by atoms with Crippen molar-refractivity contribution in [3.8, 4) is 6.07 Å². The van der Waals surface area contributed by atoms with E-state index in [4.69, 9.17) is 11.0 Å². The van der Waals surface area contributed by atoms with Crippen LogP contribution in [-0.2, 0) is 6.54 Å². The highest BCUT2D eigenvalue weighted by molar-refractivity contribution is 5.85. The molecule has 4 heteroatoms. The monoisotopic (exact) mass is 265 g/mol. The molecule has 0 aliphatic carbocycles. The number of nitriles is 1. The number of likely N-dealkylation sites (tertiary alicyclic amines) is 1. The first-order valence-corrected chi connectivity index (χ1v) is 6.26. The van der Waals surface area contributed by atoms with Gasteiger partial charge in [0.15, 0.2) is 0 Å². The highest BCUT2D eigenvalue weighted by Crippen LogP contribution is 2.19. The third-order valence-corrected chi connectivity index (χ3v) is 3.49. The zero-order chi connectivity index (χ0) is 12.1. The van der Waals surface area contributed by atoms with Crippen LogP contribution in [0.5, 0.6) is 0 Å². The molecule has 1 aromatic rings. The molecular weight excluding hydrogens is 246 g/mol. The highest BCUT2D eigenvalue weighted by Gasteiger charge is 2.20. The first-order valence-electron chi connectivity index (χ1n) is 6.26. The van der Waals surface area contributed by atoms with E-state index in [0.717, 1.165) is 25.2 Å². The second-order valence-corrected chi connectivity index (χ2v) is 4.66. The molecule has 0 spiro atoms. The minimum absolute atomic E-state index is 0. The third-order valence-electron chi connectivity index (χ3n) is 3.49. The predicted molar refractivity (Wildman–Crippen MR) is 75.5 cm³/mol. The van der Waals surface area contributed by atoms with E-state index in [9.17, 15) is 0 Å². The molecule has 2 N–H and O–H groups in total. The second kappa shape index (κ2) is 7.38. The molecule has 98 valence electrons. The summed E-state index contributed by atoms with van der Waals surface area (Å²) < 4.78 is 0. The molecule has 1 fully saturated rings. The van der Waals surface area contributed by atoms with Gasteiger partial charge in [-0.15, -0.1) is 12.4 Å². The minimum Gasteiger partial charge on any atom is -0.329 e.